The molecule has 1 heterocycles. The topological polar surface area (TPSA) is 90.2 Å². The van der Waals surface area contributed by atoms with Gasteiger partial charge in [-0.2, -0.15) is 0 Å². The van der Waals surface area contributed by atoms with E-state index in [4.69, 9.17) is 16.5 Å². The van der Waals surface area contributed by atoms with Gasteiger partial charge in [-0.05, 0) is 65.3 Å². The molecule has 4 aromatic carbocycles. The van der Waals surface area contributed by atoms with E-state index in [2.05, 4.69) is 65.2 Å². The molecule has 0 unspecified atom stereocenters. The number of hydrogen-bond donors (Lipinski definition) is 2. The highest BCUT2D eigenvalue weighted by atomic mass is 16.2. The molecule has 6 heteroatoms. The maximum atomic E-state index is 13.9. The van der Waals surface area contributed by atoms with Crippen LogP contribution >= 0.6 is 0 Å². The zero-order valence-corrected chi connectivity index (χ0v) is 23.8. The quantitative estimate of drug-likeness (QED) is 0.215. The van der Waals surface area contributed by atoms with Crippen molar-refractivity contribution in [1.29, 1.82) is 0 Å². The third-order valence-electron chi connectivity index (χ3n) is 7.77. The van der Waals surface area contributed by atoms with Gasteiger partial charge in [-0.3, -0.25) is 4.79 Å². The van der Waals surface area contributed by atoms with Crippen LogP contribution in [-0.2, 0) is 45.9 Å². The summed E-state index contributed by atoms with van der Waals surface area (Å²) in [5.74, 6) is 1.03. The van der Waals surface area contributed by atoms with Gasteiger partial charge < -0.3 is 20.9 Å². The molecular formula is C35H39N5O. The van der Waals surface area contributed by atoms with Crippen LogP contribution in [0.25, 0.3) is 11.0 Å². The average Bonchev–Trinajstić information content (AvgIpc) is 3.34. The van der Waals surface area contributed by atoms with Crippen LogP contribution in [0.4, 0.5) is 0 Å². The molecule has 0 spiro atoms. The van der Waals surface area contributed by atoms with Crippen molar-refractivity contribution < 1.29 is 4.79 Å². The van der Waals surface area contributed by atoms with Gasteiger partial charge in [0.15, 0.2) is 0 Å². The van der Waals surface area contributed by atoms with Crippen molar-refractivity contribution in [3.05, 3.63) is 136 Å². The maximum Gasteiger partial charge on any atom is 0.254 e. The highest BCUT2D eigenvalue weighted by Crippen LogP contribution is 2.21. The first-order chi connectivity index (χ1) is 20.0. The number of aromatic nitrogens is 2. The number of nitrogens with zero attached hydrogens (tertiary/aromatic N) is 3. The zero-order valence-electron chi connectivity index (χ0n) is 23.8. The number of aryl methyl sites for hydroxylation is 4. The van der Waals surface area contributed by atoms with E-state index in [1.807, 2.05) is 48.3 Å². The number of imidazole rings is 1. The van der Waals surface area contributed by atoms with Gasteiger partial charge in [-0.1, -0.05) is 78.9 Å². The lowest BCUT2D eigenvalue weighted by Gasteiger charge is -2.23. The van der Waals surface area contributed by atoms with Crippen molar-refractivity contribution in [2.45, 2.75) is 45.3 Å². The van der Waals surface area contributed by atoms with Crippen LogP contribution in [0.3, 0.4) is 0 Å². The van der Waals surface area contributed by atoms with Crippen LogP contribution in [0.1, 0.15) is 50.4 Å². The third-order valence-corrected chi connectivity index (χ3v) is 7.77. The first-order valence-electron chi connectivity index (χ1n) is 14.4. The summed E-state index contributed by atoms with van der Waals surface area (Å²) in [7, 11) is 2.05. The van der Waals surface area contributed by atoms with Crippen molar-refractivity contribution in [2.75, 3.05) is 6.54 Å². The van der Waals surface area contributed by atoms with Gasteiger partial charge in [0.05, 0.1) is 11.0 Å². The lowest BCUT2D eigenvalue weighted by atomic mass is 10.1. The second-order valence-electron chi connectivity index (χ2n) is 10.6. The highest BCUT2D eigenvalue weighted by molar-refractivity contribution is 5.97. The van der Waals surface area contributed by atoms with E-state index in [-0.39, 0.29) is 5.91 Å². The van der Waals surface area contributed by atoms with Crippen LogP contribution in [0.5, 0.6) is 0 Å². The van der Waals surface area contributed by atoms with E-state index in [0.29, 0.717) is 31.7 Å². The fourth-order valence-corrected chi connectivity index (χ4v) is 5.26. The molecular weight excluding hydrogens is 506 g/mol. The summed E-state index contributed by atoms with van der Waals surface area (Å²) in [6.45, 7) is 2.28. The molecule has 4 N–H and O–H groups in total. The molecule has 0 atom stereocenters. The summed E-state index contributed by atoms with van der Waals surface area (Å²) in [5.41, 5.74) is 19.9. The van der Waals surface area contributed by atoms with Gasteiger partial charge in [0.1, 0.15) is 5.82 Å². The molecule has 1 aromatic heterocycles. The van der Waals surface area contributed by atoms with Crippen LogP contribution in [0.15, 0.2) is 97.1 Å². The Morgan fingerprint density at radius 2 is 1.34 bits per heavy atom. The van der Waals surface area contributed by atoms with Gasteiger partial charge >= 0.3 is 0 Å². The summed E-state index contributed by atoms with van der Waals surface area (Å²) in [5, 5.41) is 0. The molecule has 6 nitrogen and oxygen atoms in total. The molecule has 5 rings (SSSR count). The maximum absolute atomic E-state index is 13.9. The Hall–Kier alpha value is -4.26. The number of amides is 1. The molecule has 5 aromatic rings. The smallest absolute Gasteiger partial charge is 0.254 e. The van der Waals surface area contributed by atoms with Crippen molar-refractivity contribution >= 4 is 16.9 Å². The minimum absolute atomic E-state index is 0.0232. The number of rotatable bonds is 12. The second-order valence-corrected chi connectivity index (χ2v) is 10.6. The van der Waals surface area contributed by atoms with E-state index in [0.717, 1.165) is 59.2 Å². The number of benzene rings is 4. The van der Waals surface area contributed by atoms with Crippen LogP contribution in [-0.4, -0.2) is 26.9 Å². The molecule has 0 radical (unpaired) electrons. The molecule has 0 fully saturated rings. The molecule has 0 saturated carbocycles. The Balaban J connectivity index is 1.33. The molecule has 41 heavy (non-hydrogen) atoms. The minimum atomic E-state index is 0.0232. The summed E-state index contributed by atoms with van der Waals surface area (Å²) in [6, 6.07) is 33.0. The molecule has 0 saturated heterocycles. The Labute approximate surface area is 242 Å². The normalized spacial score (nSPS) is 11.2. The minimum Gasteiger partial charge on any atom is -0.334 e. The predicted molar refractivity (Wildman–Crippen MR) is 166 cm³/mol. The Kier molecular flexibility index (Phi) is 9.24. The van der Waals surface area contributed by atoms with E-state index in [1.165, 1.54) is 11.1 Å². The molecule has 0 bridgehead atoms. The fraction of sp³-hybridized carbons (Fsp3) is 0.257. The standard InChI is InChI=1S/C35H39N5O/c1-39-33-19-18-31(22-32(33)38-34(39)20-17-27-9-11-28(23-36)12-10-27)35(41)40(21-5-8-26-6-3-2-4-7-26)25-30-15-13-29(24-37)14-16-30/h2-4,6-7,9-16,18-19,22H,5,8,17,20-21,23-25,36-37H2,1H3. The molecule has 1 amide bonds. The lowest BCUT2D eigenvalue weighted by Crippen LogP contribution is -2.31. The van der Waals surface area contributed by atoms with Gasteiger partial charge in [-0.15, -0.1) is 0 Å². The van der Waals surface area contributed by atoms with Crippen LogP contribution in [0.2, 0.25) is 0 Å². The number of hydrogen-bond acceptors (Lipinski definition) is 4. The Morgan fingerprint density at radius 1 is 0.732 bits per heavy atom. The van der Waals surface area contributed by atoms with Crippen molar-refractivity contribution in [3.63, 3.8) is 0 Å². The van der Waals surface area contributed by atoms with Crippen LogP contribution in [0, 0.1) is 0 Å². The summed E-state index contributed by atoms with van der Waals surface area (Å²) in [6.07, 6.45) is 3.53. The predicted octanol–water partition coefficient (Wildman–Crippen LogP) is 5.55. The third kappa shape index (κ3) is 7.09. The summed E-state index contributed by atoms with van der Waals surface area (Å²) in [4.78, 5) is 20.8. The van der Waals surface area contributed by atoms with E-state index < -0.39 is 0 Å². The summed E-state index contributed by atoms with van der Waals surface area (Å²) < 4.78 is 2.13. The largest absolute Gasteiger partial charge is 0.334 e. The molecule has 0 aliphatic heterocycles. The first kappa shape index (κ1) is 28.3. The average molecular weight is 546 g/mol. The van der Waals surface area contributed by atoms with Crippen LogP contribution < -0.4 is 11.5 Å². The SMILES string of the molecule is Cn1c(CCc2ccc(CN)cc2)nc2cc(C(=O)N(CCCc3ccccc3)Cc3ccc(CN)cc3)ccc21. The highest BCUT2D eigenvalue weighted by Gasteiger charge is 2.18. The van der Waals surface area contributed by atoms with Gasteiger partial charge in [0.25, 0.3) is 5.91 Å². The number of carbonyl (C=O) groups is 1. The molecule has 210 valence electrons. The van der Waals surface area contributed by atoms with Gasteiger partial charge in [0, 0.05) is 45.2 Å². The first-order valence-corrected chi connectivity index (χ1v) is 14.4. The Bertz CT molecular complexity index is 1570. The summed E-state index contributed by atoms with van der Waals surface area (Å²) >= 11 is 0. The van der Waals surface area contributed by atoms with Crippen molar-refractivity contribution in [2.24, 2.45) is 18.5 Å². The zero-order chi connectivity index (χ0) is 28.6. The number of fused-ring (bicyclic) bond motifs is 1. The molecule has 0 aliphatic carbocycles. The fourth-order valence-electron chi connectivity index (χ4n) is 5.26. The van der Waals surface area contributed by atoms with E-state index in [1.54, 1.807) is 0 Å². The number of carbonyl (C=O) groups excluding carboxylic acids is 1. The van der Waals surface area contributed by atoms with E-state index in [9.17, 15) is 4.79 Å². The molecule has 0 aliphatic rings. The lowest BCUT2D eigenvalue weighted by molar-refractivity contribution is 0.0741. The van der Waals surface area contributed by atoms with E-state index >= 15 is 0 Å². The second kappa shape index (κ2) is 13.4. The van der Waals surface area contributed by atoms with Gasteiger partial charge in [-0.25, -0.2) is 4.98 Å². The van der Waals surface area contributed by atoms with Crippen molar-refractivity contribution in [1.82, 2.24) is 14.5 Å². The monoisotopic (exact) mass is 545 g/mol. The Morgan fingerprint density at radius 3 is 2.00 bits per heavy atom. The number of nitrogens with two attached hydrogens (primary N) is 2. The van der Waals surface area contributed by atoms with Gasteiger partial charge in [0.2, 0.25) is 0 Å². The van der Waals surface area contributed by atoms with Crippen molar-refractivity contribution in [3.8, 4) is 0 Å².